The Morgan fingerprint density at radius 2 is 2.05 bits per heavy atom. The predicted octanol–water partition coefficient (Wildman–Crippen LogP) is 1.29. The summed E-state index contributed by atoms with van der Waals surface area (Å²) in [7, 11) is -3.99. The third-order valence-corrected chi connectivity index (χ3v) is 3.47. The fraction of sp³-hybridized carbons (Fsp3) is 0. The molecule has 2 rings (SSSR count). The van der Waals surface area contributed by atoms with E-state index in [0.717, 1.165) is 12.3 Å². The van der Waals surface area contributed by atoms with Crippen molar-refractivity contribution in [1.29, 1.82) is 5.26 Å². The molecule has 8 heteroatoms. The minimum absolute atomic E-state index is 0.0861. The molecule has 0 aliphatic heterocycles. The van der Waals surface area contributed by atoms with Crippen LogP contribution in [0.5, 0.6) is 0 Å². The highest BCUT2D eigenvalue weighted by Gasteiger charge is 2.17. The number of rotatable bonds is 3. The highest BCUT2D eigenvalue weighted by molar-refractivity contribution is 7.92. The van der Waals surface area contributed by atoms with Crippen LogP contribution in [0, 0.1) is 17.1 Å². The van der Waals surface area contributed by atoms with Gasteiger partial charge in [0.2, 0.25) is 0 Å². The van der Waals surface area contributed by atoms with Gasteiger partial charge in [0.1, 0.15) is 16.7 Å². The lowest BCUT2D eigenvalue weighted by Crippen LogP contribution is -2.15. The molecule has 0 aliphatic rings. The van der Waals surface area contributed by atoms with E-state index in [9.17, 15) is 12.8 Å². The van der Waals surface area contributed by atoms with Gasteiger partial charge in [-0.15, -0.1) is 0 Å². The number of nitriles is 1. The number of nitrogens with one attached hydrogen (secondary N) is 1. The first-order valence-electron chi connectivity index (χ1n) is 5.02. The smallest absolute Gasteiger partial charge is 0.261 e. The van der Waals surface area contributed by atoms with Crippen LogP contribution in [0.3, 0.4) is 0 Å². The molecule has 0 amide bonds. The van der Waals surface area contributed by atoms with Gasteiger partial charge in [-0.05, 0) is 24.3 Å². The van der Waals surface area contributed by atoms with Gasteiger partial charge in [-0.3, -0.25) is 4.72 Å². The second kappa shape index (κ2) is 4.99. The molecule has 19 heavy (non-hydrogen) atoms. The average Bonchev–Trinajstić information content (AvgIpc) is 2.41. The molecule has 1 N–H and O–H groups in total. The zero-order valence-corrected chi connectivity index (χ0v) is 10.2. The highest BCUT2D eigenvalue weighted by atomic mass is 32.2. The molecule has 0 unspecified atom stereocenters. The number of hydrogen-bond acceptors (Lipinski definition) is 5. The van der Waals surface area contributed by atoms with Gasteiger partial charge in [0.15, 0.2) is 11.6 Å². The quantitative estimate of drug-likeness (QED) is 0.912. The zero-order chi connectivity index (χ0) is 13.9. The van der Waals surface area contributed by atoms with E-state index < -0.39 is 21.7 Å². The maximum atomic E-state index is 13.3. The molecular formula is C11H7FN4O2S. The number of nitrogens with zero attached hydrogens (tertiary/aromatic N) is 3. The normalized spacial score (nSPS) is 10.7. The fourth-order valence-corrected chi connectivity index (χ4v) is 2.21. The molecule has 0 saturated heterocycles. The van der Waals surface area contributed by atoms with Crippen LogP contribution in [-0.4, -0.2) is 18.4 Å². The lowest BCUT2D eigenvalue weighted by molar-refractivity contribution is 0.597. The standard InChI is InChI=1S/C11H7FN4O2S/c12-10-2-1-5-14-11(10)16-19(17,18)9-4-3-8(6-13)15-7-9/h1-5,7H,(H,14,16). The van der Waals surface area contributed by atoms with Crippen molar-refractivity contribution in [1.82, 2.24) is 9.97 Å². The second-order valence-electron chi connectivity index (χ2n) is 3.43. The largest absolute Gasteiger partial charge is 0.264 e. The van der Waals surface area contributed by atoms with Crippen molar-refractivity contribution in [2.45, 2.75) is 4.90 Å². The average molecular weight is 278 g/mol. The Balaban J connectivity index is 2.33. The number of aromatic nitrogens is 2. The summed E-state index contributed by atoms with van der Waals surface area (Å²) >= 11 is 0. The van der Waals surface area contributed by atoms with Crippen LogP contribution in [0.4, 0.5) is 10.2 Å². The molecule has 2 heterocycles. The Kier molecular flexibility index (Phi) is 3.39. The maximum Gasteiger partial charge on any atom is 0.264 e. The van der Waals surface area contributed by atoms with Crippen molar-refractivity contribution >= 4 is 15.8 Å². The van der Waals surface area contributed by atoms with Crippen LogP contribution in [0.1, 0.15) is 5.69 Å². The van der Waals surface area contributed by atoms with Crippen LogP contribution in [0.2, 0.25) is 0 Å². The third kappa shape index (κ3) is 2.83. The third-order valence-electron chi connectivity index (χ3n) is 2.15. The van der Waals surface area contributed by atoms with Gasteiger partial charge in [0, 0.05) is 12.4 Å². The van der Waals surface area contributed by atoms with E-state index in [1.807, 2.05) is 4.72 Å². The highest BCUT2D eigenvalue weighted by Crippen LogP contribution is 2.15. The van der Waals surface area contributed by atoms with Gasteiger partial charge in [-0.1, -0.05) is 0 Å². The van der Waals surface area contributed by atoms with E-state index in [1.165, 1.54) is 24.4 Å². The molecule has 2 aromatic rings. The molecule has 0 bridgehead atoms. The summed E-state index contributed by atoms with van der Waals surface area (Å²) in [5.41, 5.74) is 0.0861. The van der Waals surface area contributed by atoms with E-state index in [2.05, 4.69) is 9.97 Å². The maximum absolute atomic E-state index is 13.3. The van der Waals surface area contributed by atoms with Gasteiger partial charge in [0.25, 0.3) is 10.0 Å². The Hall–Kier alpha value is -2.53. The second-order valence-corrected chi connectivity index (χ2v) is 5.11. The van der Waals surface area contributed by atoms with Gasteiger partial charge in [0.05, 0.1) is 0 Å². The Bertz CT molecular complexity index is 738. The van der Waals surface area contributed by atoms with Crippen LogP contribution < -0.4 is 4.72 Å². The molecule has 0 spiro atoms. The number of halogens is 1. The van der Waals surface area contributed by atoms with Crippen molar-refractivity contribution in [3.8, 4) is 6.07 Å². The predicted molar refractivity (Wildman–Crippen MR) is 64.0 cm³/mol. The van der Waals surface area contributed by atoms with Crippen LogP contribution >= 0.6 is 0 Å². The molecule has 0 atom stereocenters. The van der Waals surface area contributed by atoms with Crippen LogP contribution in [0.15, 0.2) is 41.6 Å². The molecule has 0 fully saturated rings. The van der Waals surface area contributed by atoms with E-state index >= 15 is 0 Å². The summed E-state index contributed by atoms with van der Waals surface area (Å²) in [6.07, 6.45) is 2.28. The van der Waals surface area contributed by atoms with E-state index in [-0.39, 0.29) is 10.6 Å². The minimum atomic E-state index is -3.99. The lowest BCUT2D eigenvalue weighted by atomic mass is 10.4. The van der Waals surface area contributed by atoms with Crippen molar-refractivity contribution in [3.63, 3.8) is 0 Å². The minimum Gasteiger partial charge on any atom is -0.261 e. The number of hydrogen-bond donors (Lipinski definition) is 1. The van der Waals surface area contributed by atoms with Crippen molar-refractivity contribution in [2.75, 3.05) is 4.72 Å². The molecule has 0 aliphatic carbocycles. The summed E-state index contributed by atoms with van der Waals surface area (Å²) in [6, 6.07) is 6.65. The first-order chi connectivity index (χ1) is 9.03. The Morgan fingerprint density at radius 3 is 2.63 bits per heavy atom. The monoisotopic (exact) mass is 278 g/mol. The van der Waals surface area contributed by atoms with E-state index in [1.54, 1.807) is 6.07 Å². The van der Waals surface area contributed by atoms with Crippen LogP contribution in [-0.2, 0) is 10.0 Å². The topological polar surface area (TPSA) is 95.7 Å². The number of anilines is 1. The number of pyridine rings is 2. The zero-order valence-electron chi connectivity index (χ0n) is 9.41. The summed E-state index contributed by atoms with van der Waals surface area (Å²) in [6.45, 7) is 0. The molecule has 0 saturated carbocycles. The summed E-state index contributed by atoms with van der Waals surface area (Å²) < 4.78 is 39.1. The Morgan fingerprint density at radius 1 is 1.26 bits per heavy atom. The molecule has 0 radical (unpaired) electrons. The summed E-state index contributed by atoms with van der Waals surface area (Å²) in [4.78, 5) is 7.03. The number of sulfonamides is 1. The van der Waals surface area contributed by atoms with Gasteiger partial charge >= 0.3 is 0 Å². The first-order valence-corrected chi connectivity index (χ1v) is 6.51. The van der Waals surface area contributed by atoms with E-state index in [4.69, 9.17) is 5.26 Å². The Labute approximate surface area is 108 Å². The van der Waals surface area contributed by atoms with Gasteiger partial charge in [-0.25, -0.2) is 22.8 Å². The van der Waals surface area contributed by atoms with Gasteiger partial charge in [-0.2, -0.15) is 5.26 Å². The molecule has 2 aromatic heterocycles. The van der Waals surface area contributed by atoms with Crippen molar-refractivity contribution in [2.24, 2.45) is 0 Å². The molecule has 0 aromatic carbocycles. The first kappa shape index (κ1) is 12.9. The van der Waals surface area contributed by atoms with Crippen LogP contribution in [0.25, 0.3) is 0 Å². The molecular weight excluding hydrogens is 271 g/mol. The summed E-state index contributed by atoms with van der Waals surface area (Å²) in [5, 5.41) is 8.57. The molecule has 96 valence electrons. The van der Waals surface area contributed by atoms with Crippen molar-refractivity contribution < 1.29 is 12.8 Å². The summed E-state index contributed by atoms with van der Waals surface area (Å²) in [5.74, 6) is -1.18. The van der Waals surface area contributed by atoms with E-state index in [0.29, 0.717) is 0 Å². The lowest BCUT2D eigenvalue weighted by Gasteiger charge is -2.07. The van der Waals surface area contributed by atoms with Crippen molar-refractivity contribution in [3.05, 3.63) is 48.2 Å². The SMILES string of the molecule is N#Cc1ccc(S(=O)(=O)Nc2ncccc2F)cn1. The molecule has 6 nitrogen and oxygen atoms in total. The fourth-order valence-electron chi connectivity index (χ4n) is 1.25. The van der Waals surface area contributed by atoms with Gasteiger partial charge < -0.3 is 0 Å².